The summed E-state index contributed by atoms with van der Waals surface area (Å²) < 4.78 is 16.0. The number of Topliss-reactive ketones (excluding diaryl/α,β-unsaturated/α-hetero) is 1. The molecule has 2 aromatic rings. The molecule has 0 unspecified atom stereocenters. The lowest BCUT2D eigenvalue weighted by atomic mass is 9.78. The number of ketones is 1. The lowest BCUT2D eigenvalue weighted by Gasteiger charge is -2.33. The summed E-state index contributed by atoms with van der Waals surface area (Å²) in [6.45, 7) is 7.98. The van der Waals surface area contributed by atoms with E-state index in [1.54, 1.807) is 11.1 Å². The summed E-state index contributed by atoms with van der Waals surface area (Å²) in [5.74, 6) is -1.73. The van der Waals surface area contributed by atoms with Crippen molar-refractivity contribution in [1.82, 2.24) is 14.7 Å². The molecule has 7 nitrogen and oxygen atoms in total. The number of carbonyl (C=O) groups is 3. The molecule has 39 heavy (non-hydrogen) atoms. The number of benzene rings is 1. The average molecular weight is 579 g/mol. The molecule has 1 aromatic heterocycles. The van der Waals surface area contributed by atoms with Gasteiger partial charge in [0.25, 0.3) is 5.91 Å². The highest BCUT2D eigenvalue weighted by Crippen LogP contribution is 2.67. The summed E-state index contributed by atoms with van der Waals surface area (Å²) in [7, 11) is 0. The molecule has 3 aliphatic carbocycles. The predicted molar refractivity (Wildman–Crippen MR) is 146 cm³/mol. The van der Waals surface area contributed by atoms with Gasteiger partial charge in [-0.25, -0.2) is 4.39 Å². The number of fused-ring (bicyclic) bond motifs is 1. The normalized spacial score (nSPS) is 29.1. The quantitative estimate of drug-likeness (QED) is 0.301. The van der Waals surface area contributed by atoms with E-state index in [0.717, 1.165) is 18.9 Å². The molecule has 6 atom stereocenters. The van der Waals surface area contributed by atoms with Crippen LogP contribution < -0.4 is 0 Å². The van der Waals surface area contributed by atoms with Gasteiger partial charge in [0.2, 0.25) is 0 Å². The average Bonchev–Trinajstić information content (AvgIpc) is 3.25. The third-order valence-electron chi connectivity index (χ3n) is 9.76. The monoisotopic (exact) mass is 577 g/mol. The second kappa shape index (κ2) is 10.2. The van der Waals surface area contributed by atoms with Crippen LogP contribution in [0, 0.1) is 41.8 Å². The van der Waals surface area contributed by atoms with Gasteiger partial charge in [0.1, 0.15) is 5.82 Å². The number of hydrogen-bond donors (Lipinski definition) is 1. The molecule has 1 heterocycles. The van der Waals surface area contributed by atoms with E-state index in [2.05, 4.69) is 18.9 Å². The van der Waals surface area contributed by atoms with E-state index in [-0.39, 0.29) is 57.4 Å². The van der Waals surface area contributed by atoms with Crippen molar-refractivity contribution in [3.8, 4) is 0 Å². The van der Waals surface area contributed by atoms with Crippen LogP contribution in [0.25, 0.3) is 0 Å². The summed E-state index contributed by atoms with van der Waals surface area (Å²) in [4.78, 5) is 40.6. The van der Waals surface area contributed by atoms with Gasteiger partial charge in [0.15, 0.2) is 5.78 Å². The smallest absolute Gasteiger partial charge is 0.306 e. The van der Waals surface area contributed by atoms with Crippen LogP contribution in [-0.4, -0.2) is 50.0 Å². The largest absolute Gasteiger partial charge is 0.481 e. The first-order valence-corrected chi connectivity index (χ1v) is 14.3. The highest BCUT2D eigenvalue weighted by Gasteiger charge is 2.63. The highest BCUT2D eigenvalue weighted by molar-refractivity contribution is 6.40. The third-order valence-corrected chi connectivity index (χ3v) is 10.4. The van der Waals surface area contributed by atoms with E-state index in [4.69, 9.17) is 23.2 Å². The van der Waals surface area contributed by atoms with Crippen molar-refractivity contribution in [2.75, 3.05) is 6.54 Å². The predicted octanol–water partition coefficient (Wildman–Crippen LogP) is 6.46. The third kappa shape index (κ3) is 4.88. The molecule has 0 saturated heterocycles. The summed E-state index contributed by atoms with van der Waals surface area (Å²) in [5.41, 5.74) is 1.22. The maximum atomic E-state index is 14.2. The van der Waals surface area contributed by atoms with Crippen LogP contribution in [-0.2, 0) is 4.79 Å². The number of carboxylic acid groups (broad SMARTS) is 1. The molecule has 3 saturated carbocycles. The van der Waals surface area contributed by atoms with Crippen LogP contribution in [0.5, 0.6) is 0 Å². The van der Waals surface area contributed by atoms with E-state index < -0.39 is 17.6 Å². The van der Waals surface area contributed by atoms with E-state index in [1.165, 1.54) is 6.07 Å². The molecule has 10 heteroatoms. The zero-order chi connectivity index (χ0) is 28.4. The summed E-state index contributed by atoms with van der Waals surface area (Å²) >= 11 is 12.4. The molecule has 3 aliphatic rings. The number of aromatic nitrogens is 2. The van der Waals surface area contributed by atoms with E-state index in [1.807, 2.05) is 18.5 Å². The Morgan fingerprint density at radius 3 is 2.44 bits per heavy atom. The minimum atomic E-state index is -0.773. The second-order valence-electron chi connectivity index (χ2n) is 12.2. The van der Waals surface area contributed by atoms with Gasteiger partial charge >= 0.3 is 5.97 Å². The number of amides is 1. The first-order valence-electron chi connectivity index (χ1n) is 13.6. The van der Waals surface area contributed by atoms with E-state index in [0.29, 0.717) is 42.4 Å². The molecule has 0 spiro atoms. The summed E-state index contributed by atoms with van der Waals surface area (Å²) in [5, 5.41) is 13.7. The van der Waals surface area contributed by atoms with Gasteiger partial charge in [0.05, 0.1) is 45.9 Å². The Morgan fingerprint density at radius 2 is 1.82 bits per heavy atom. The molecule has 3 fully saturated rings. The molecule has 0 bridgehead atoms. The minimum absolute atomic E-state index is 0.00272. The van der Waals surface area contributed by atoms with Gasteiger partial charge in [-0.1, -0.05) is 44.0 Å². The SMILES string of the molecule is Cc1c(C(=O)N(CC(=O)c2c(Cl)ccc(F)c2Cl)[C@H]2C[C@@H]3[C@H](C2)C3(C)C)cnn1[C@H]1CC[C@H](C(=O)O)[C@H](C)C1. The summed E-state index contributed by atoms with van der Waals surface area (Å²) in [6.07, 6.45) is 5.02. The number of hydrogen-bond acceptors (Lipinski definition) is 4. The number of nitrogens with zero attached hydrogens (tertiary/aromatic N) is 3. The molecule has 0 aliphatic heterocycles. The van der Waals surface area contributed by atoms with Gasteiger partial charge in [-0.2, -0.15) is 5.10 Å². The van der Waals surface area contributed by atoms with Crippen molar-refractivity contribution in [2.45, 2.75) is 71.9 Å². The van der Waals surface area contributed by atoms with Crippen molar-refractivity contribution in [3.63, 3.8) is 0 Å². The Kier molecular flexibility index (Phi) is 7.34. The molecule has 5 rings (SSSR count). The van der Waals surface area contributed by atoms with Crippen LogP contribution >= 0.6 is 23.2 Å². The number of aliphatic carboxylic acids is 1. The topological polar surface area (TPSA) is 92.5 Å². The summed E-state index contributed by atoms with van der Waals surface area (Å²) in [6, 6.07) is 2.27. The lowest BCUT2D eigenvalue weighted by Crippen LogP contribution is -2.44. The molecule has 1 N–H and O–H groups in total. The molecule has 210 valence electrons. The van der Waals surface area contributed by atoms with Gasteiger partial charge in [-0.15, -0.1) is 0 Å². The molecular formula is C29H34Cl2FN3O4. The zero-order valence-electron chi connectivity index (χ0n) is 22.6. The second-order valence-corrected chi connectivity index (χ2v) is 13.0. The van der Waals surface area contributed by atoms with Gasteiger partial charge in [-0.05, 0) is 74.3 Å². The number of rotatable bonds is 7. The van der Waals surface area contributed by atoms with Crippen LogP contribution in [0.4, 0.5) is 4.39 Å². The Balaban J connectivity index is 1.41. The Morgan fingerprint density at radius 1 is 1.15 bits per heavy atom. The van der Waals surface area contributed by atoms with Crippen LogP contribution in [0.2, 0.25) is 10.0 Å². The van der Waals surface area contributed by atoms with Crippen molar-refractivity contribution in [2.24, 2.45) is 29.1 Å². The first kappa shape index (κ1) is 28.1. The molecular weight excluding hydrogens is 544 g/mol. The number of halogens is 3. The van der Waals surface area contributed by atoms with Crippen molar-refractivity contribution in [3.05, 3.63) is 51.0 Å². The van der Waals surface area contributed by atoms with Crippen LogP contribution in [0.15, 0.2) is 18.3 Å². The highest BCUT2D eigenvalue weighted by atomic mass is 35.5. The van der Waals surface area contributed by atoms with Crippen molar-refractivity contribution in [1.29, 1.82) is 0 Å². The molecule has 1 aromatic carbocycles. The van der Waals surface area contributed by atoms with Gasteiger partial charge in [-0.3, -0.25) is 19.1 Å². The van der Waals surface area contributed by atoms with Crippen molar-refractivity contribution < 1.29 is 23.9 Å². The minimum Gasteiger partial charge on any atom is -0.481 e. The Hall–Kier alpha value is -2.45. The fourth-order valence-electron chi connectivity index (χ4n) is 7.23. The van der Waals surface area contributed by atoms with Gasteiger partial charge in [0, 0.05) is 11.7 Å². The Labute approximate surface area is 237 Å². The number of carboxylic acids is 1. The van der Waals surface area contributed by atoms with Crippen LogP contribution in [0.3, 0.4) is 0 Å². The maximum absolute atomic E-state index is 14.2. The first-order chi connectivity index (χ1) is 18.3. The maximum Gasteiger partial charge on any atom is 0.306 e. The standard InChI is InChI=1S/C29H34Cl2FN3O4/c1-14-9-16(5-6-18(14)28(38)39)35-15(2)19(12-33-35)27(37)34(17-10-20-21(11-17)29(20,3)4)13-24(36)25-22(30)7-8-23(32)26(25)31/h7-8,12,14,16-18,20-21H,5-6,9-11,13H2,1-4H3,(H,38,39)/t14-,16+,17-,18+,20+,21-/m1/s1. The van der Waals surface area contributed by atoms with Gasteiger partial charge < -0.3 is 10.0 Å². The van der Waals surface area contributed by atoms with E-state index in [9.17, 15) is 23.9 Å². The number of carbonyl (C=O) groups excluding carboxylic acids is 2. The lowest BCUT2D eigenvalue weighted by molar-refractivity contribution is -0.145. The fraction of sp³-hybridized carbons (Fsp3) is 0.586. The Bertz CT molecular complexity index is 1330. The van der Waals surface area contributed by atoms with Crippen LogP contribution in [0.1, 0.15) is 85.3 Å². The zero-order valence-corrected chi connectivity index (χ0v) is 24.1. The molecule has 0 radical (unpaired) electrons. The van der Waals surface area contributed by atoms with Crippen molar-refractivity contribution >= 4 is 40.9 Å². The molecule has 1 amide bonds. The fourth-order valence-corrected chi connectivity index (χ4v) is 7.81. The van der Waals surface area contributed by atoms with E-state index >= 15 is 0 Å².